The number of carboxylic acids is 1. The van der Waals surface area contributed by atoms with Crippen LogP contribution in [-0.2, 0) is 6.54 Å². The summed E-state index contributed by atoms with van der Waals surface area (Å²) in [5.74, 6) is -0.447. The van der Waals surface area contributed by atoms with Crippen LogP contribution in [0.2, 0.25) is 0 Å². The molecule has 1 aromatic heterocycles. The molecule has 1 aliphatic heterocycles. The van der Waals surface area contributed by atoms with Gasteiger partial charge in [-0.3, -0.25) is 0 Å². The molecule has 0 spiro atoms. The quantitative estimate of drug-likeness (QED) is 0.669. The zero-order chi connectivity index (χ0) is 9.42. The summed E-state index contributed by atoms with van der Waals surface area (Å²) in [6.07, 6.45) is 1.65. The number of nitrogens with zero attached hydrogens (tertiary/aromatic N) is 3. The maximum absolute atomic E-state index is 10.6. The van der Waals surface area contributed by atoms with Crippen LogP contribution in [0.3, 0.4) is 0 Å². The predicted molar refractivity (Wildman–Crippen MR) is 55.8 cm³/mol. The van der Waals surface area contributed by atoms with Crippen LogP contribution in [0.15, 0.2) is 4.99 Å². The Morgan fingerprint density at radius 2 is 2.43 bits per heavy atom. The summed E-state index contributed by atoms with van der Waals surface area (Å²) < 4.78 is 0. The molecule has 7 heteroatoms. The van der Waals surface area contributed by atoms with Gasteiger partial charge in [-0.15, -0.1) is 11.3 Å². The van der Waals surface area contributed by atoms with Gasteiger partial charge in [-0.05, 0) is 0 Å². The van der Waals surface area contributed by atoms with Gasteiger partial charge >= 0.3 is 24.8 Å². The molecule has 0 fully saturated rings. The van der Waals surface area contributed by atoms with Crippen molar-refractivity contribution in [2.24, 2.45) is 4.99 Å². The van der Waals surface area contributed by atoms with E-state index in [0.717, 1.165) is 4.88 Å². The fourth-order valence-electron chi connectivity index (χ4n) is 1.06. The molecule has 0 aliphatic carbocycles. The molecule has 1 N–H and O–H groups in total. The zero-order valence-electron chi connectivity index (χ0n) is 6.89. The minimum absolute atomic E-state index is 0. The third-order valence-electron chi connectivity index (χ3n) is 1.63. The van der Waals surface area contributed by atoms with Crippen molar-refractivity contribution in [2.45, 2.75) is 6.54 Å². The summed E-state index contributed by atoms with van der Waals surface area (Å²) in [5.41, 5.74) is 0. The number of hydrogen-bond acceptors (Lipinski definition) is 5. The summed E-state index contributed by atoms with van der Waals surface area (Å²) >= 11 is 1.18. The molecule has 70 valence electrons. The van der Waals surface area contributed by atoms with Crippen LogP contribution < -0.4 is 0 Å². The van der Waals surface area contributed by atoms with E-state index in [0.29, 0.717) is 12.4 Å². The molecule has 0 radical (unpaired) electrons. The molecule has 0 bridgehead atoms. The van der Waals surface area contributed by atoms with Crippen LogP contribution >= 0.6 is 11.3 Å². The summed E-state index contributed by atoms with van der Waals surface area (Å²) in [5, 5.41) is 8.79. The number of hydrogen-bond donors (Lipinski definition) is 1. The van der Waals surface area contributed by atoms with Gasteiger partial charge in [0.15, 0.2) is 5.82 Å². The number of thiazole rings is 1. The zero-order valence-corrected chi connectivity index (χ0v) is 7.71. The monoisotopic (exact) mass is 205 g/mol. The third kappa shape index (κ3) is 1.98. The standard InChI is InChI=1S/C7H7N3O2S.Li.H/c1-10-2-4-5(8-3-10)9-6(13-4)7(11)12;;/h3H,2H2,1H3,(H,11,12);;. The van der Waals surface area contributed by atoms with Crippen molar-refractivity contribution < 1.29 is 9.90 Å². The van der Waals surface area contributed by atoms with E-state index in [4.69, 9.17) is 5.11 Å². The number of carboxylic acid groups (broad SMARTS) is 1. The molecular formula is C7H8LiN3O2S. The molecule has 2 rings (SSSR count). The van der Waals surface area contributed by atoms with E-state index in [1.165, 1.54) is 11.3 Å². The Labute approximate surface area is 96.7 Å². The second kappa shape index (κ2) is 4.13. The fraction of sp³-hybridized carbons (Fsp3) is 0.286. The van der Waals surface area contributed by atoms with Crippen molar-refractivity contribution in [3.63, 3.8) is 0 Å². The Hall–Kier alpha value is -0.833. The van der Waals surface area contributed by atoms with Crippen molar-refractivity contribution in [3.05, 3.63) is 9.88 Å². The summed E-state index contributed by atoms with van der Waals surface area (Å²) in [7, 11) is 1.88. The Balaban J connectivity index is 0.000000980. The number of aliphatic imine (C=N–C) groups is 1. The topological polar surface area (TPSA) is 65.8 Å². The summed E-state index contributed by atoms with van der Waals surface area (Å²) in [6, 6.07) is 0. The fourth-order valence-corrected chi connectivity index (χ4v) is 1.97. The Morgan fingerprint density at radius 1 is 1.71 bits per heavy atom. The van der Waals surface area contributed by atoms with Gasteiger partial charge in [0.25, 0.3) is 0 Å². The maximum atomic E-state index is 10.6. The summed E-state index contributed by atoms with van der Waals surface area (Å²) in [4.78, 5) is 21.3. The number of carbonyl (C=O) groups is 1. The first-order valence-electron chi connectivity index (χ1n) is 3.64. The van der Waals surface area contributed by atoms with Gasteiger partial charge in [0.2, 0.25) is 5.01 Å². The van der Waals surface area contributed by atoms with Gasteiger partial charge < -0.3 is 10.0 Å². The first-order valence-corrected chi connectivity index (χ1v) is 4.46. The van der Waals surface area contributed by atoms with Crippen molar-refractivity contribution in [2.75, 3.05) is 7.05 Å². The van der Waals surface area contributed by atoms with Crippen LogP contribution in [0.4, 0.5) is 5.82 Å². The predicted octanol–water partition coefficient (Wildman–Crippen LogP) is 0.298. The van der Waals surface area contributed by atoms with Crippen molar-refractivity contribution in [3.8, 4) is 0 Å². The number of rotatable bonds is 1. The normalized spacial score (nSPS) is 13.4. The van der Waals surface area contributed by atoms with Gasteiger partial charge in [-0.25, -0.2) is 14.8 Å². The third-order valence-corrected chi connectivity index (χ3v) is 2.65. The number of aromatic nitrogens is 1. The second-order valence-corrected chi connectivity index (χ2v) is 3.81. The molecule has 0 amide bonds. The Kier molecular flexibility index (Phi) is 3.32. The second-order valence-electron chi connectivity index (χ2n) is 2.73. The first-order chi connectivity index (χ1) is 6.16. The van der Waals surface area contributed by atoms with E-state index >= 15 is 0 Å². The molecule has 0 atom stereocenters. The molecular weight excluding hydrogens is 197 g/mol. The molecule has 1 aromatic rings. The van der Waals surface area contributed by atoms with E-state index in [1.54, 1.807) is 6.34 Å². The van der Waals surface area contributed by atoms with Gasteiger partial charge in [-0.1, -0.05) is 0 Å². The SMILES string of the molecule is CN1C=Nc2nc(C(=O)O)sc2C1.[LiH]. The molecule has 1 aliphatic rings. The number of aromatic carboxylic acids is 1. The van der Waals surface area contributed by atoms with Gasteiger partial charge in [0.1, 0.15) is 0 Å². The van der Waals surface area contributed by atoms with E-state index < -0.39 is 5.97 Å². The summed E-state index contributed by atoms with van der Waals surface area (Å²) in [6.45, 7) is 0.684. The first kappa shape index (κ1) is 11.2. The van der Waals surface area contributed by atoms with Gasteiger partial charge in [0, 0.05) is 7.05 Å². The minimum atomic E-state index is -0.989. The van der Waals surface area contributed by atoms with E-state index in [2.05, 4.69) is 9.98 Å². The molecule has 0 aromatic carbocycles. The molecule has 0 saturated carbocycles. The van der Waals surface area contributed by atoms with Crippen molar-refractivity contribution >= 4 is 48.3 Å². The number of fused-ring (bicyclic) bond motifs is 1. The molecule has 14 heavy (non-hydrogen) atoms. The van der Waals surface area contributed by atoms with Gasteiger partial charge in [-0.2, -0.15) is 0 Å². The Bertz CT molecular complexity index is 390. The van der Waals surface area contributed by atoms with Crippen molar-refractivity contribution in [1.29, 1.82) is 0 Å². The van der Waals surface area contributed by atoms with Crippen LogP contribution in [-0.4, -0.2) is 53.2 Å². The molecule has 0 unspecified atom stereocenters. The van der Waals surface area contributed by atoms with Crippen molar-refractivity contribution in [1.82, 2.24) is 9.88 Å². The van der Waals surface area contributed by atoms with E-state index in [-0.39, 0.29) is 23.9 Å². The molecule has 0 saturated heterocycles. The molecule has 5 nitrogen and oxygen atoms in total. The average molecular weight is 205 g/mol. The Morgan fingerprint density at radius 3 is 3.07 bits per heavy atom. The van der Waals surface area contributed by atoms with E-state index in [1.807, 2.05) is 11.9 Å². The van der Waals surface area contributed by atoms with E-state index in [9.17, 15) is 4.79 Å². The molecule has 2 heterocycles. The average Bonchev–Trinajstić information content (AvgIpc) is 2.46. The van der Waals surface area contributed by atoms with Crippen LogP contribution in [0, 0.1) is 0 Å². The van der Waals surface area contributed by atoms with Crippen LogP contribution in [0.1, 0.15) is 14.7 Å². The van der Waals surface area contributed by atoms with Gasteiger partial charge in [0.05, 0.1) is 17.8 Å². The van der Waals surface area contributed by atoms with Crippen LogP contribution in [0.5, 0.6) is 0 Å². The van der Waals surface area contributed by atoms with Crippen LogP contribution in [0.25, 0.3) is 0 Å².